The van der Waals surface area contributed by atoms with Crippen LogP contribution in [0.5, 0.6) is 0 Å². The van der Waals surface area contributed by atoms with Crippen LogP contribution in [-0.2, 0) is 5.41 Å². The van der Waals surface area contributed by atoms with Gasteiger partial charge in [0, 0.05) is 11.5 Å². The van der Waals surface area contributed by atoms with Crippen molar-refractivity contribution in [3.8, 4) is 0 Å². The molecule has 1 aliphatic rings. The lowest BCUT2D eigenvalue weighted by Gasteiger charge is -2.29. The SMILES string of the molecule is CCCNC(c1cccc(C)c1)C1(c2ccccc2)CC1. The molecule has 110 valence electrons. The molecule has 0 amide bonds. The van der Waals surface area contributed by atoms with Gasteiger partial charge in [0.1, 0.15) is 0 Å². The second-order valence-corrected chi connectivity index (χ2v) is 6.32. The predicted octanol–water partition coefficient (Wildman–Crippen LogP) is 4.77. The Kier molecular flexibility index (Phi) is 4.12. The summed E-state index contributed by atoms with van der Waals surface area (Å²) in [5.41, 5.74) is 4.56. The first-order valence-electron chi connectivity index (χ1n) is 8.12. The van der Waals surface area contributed by atoms with Gasteiger partial charge in [-0.25, -0.2) is 0 Å². The van der Waals surface area contributed by atoms with E-state index in [1.54, 1.807) is 0 Å². The van der Waals surface area contributed by atoms with Crippen LogP contribution in [0.15, 0.2) is 54.6 Å². The molecule has 0 saturated heterocycles. The second-order valence-electron chi connectivity index (χ2n) is 6.32. The van der Waals surface area contributed by atoms with Crippen molar-refractivity contribution in [2.75, 3.05) is 6.54 Å². The smallest absolute Gasteiger partial charge is 0.0418 e. The summed E-state index contributed by atoms with van der Waals surface area (Å²) in [6.45, 7) is 5.50. The Hall–Kier alpha value is -1.60. The lowest BCUT2D eigenvalue weighted by Crippen LogP contribution is -2.32. The molecule has 1 N–H and O–H groups in total. The van der Waals surface area contributed by atoms with Crippen LogP contribution in [-0.4, -0.2) is 6.54 Å². The molecule has 3 rings (SSSR count). The maximum atomic E-state index is 3.81. The average molecular weight is 279 g/mol. The quantitative estimate of drug-likeness (QED) is 0.803. The Morgan fingerprint density at radius 2 is 1.81 bits per heavy atom. The van der Waals surface area contributed by atoms with Gasteiger partial charge in [-0.3, -0.25) is 0 Å². The summed E-state index contributed by atoms with van der Waals surface area (Å²) in [6, 6.07) is 20.5. The number of rotatable bonds is 6. The van der Waals surface area contributed by atoms with Gasteiger partial charge in [0.15, 0.2) is 0 Å². The van der Waals surface area contributed by atoms with Crippen LogP contribution in [0.1, 0.15) is 48.9 Å². The first kappa shape index (κ1) is 14.3. The molecule has 2 aromatic rings. The molecule has 0 heterocycles. The number of aryl methyl sites for hydroxylation is 1. The molecule has 0 spiro atoms. The maximum Gasteiger partial charge on any atom is 0.0418 e. The van der Waals surface area contributed by atoms with Gasteiger partial charge in [-0.2, -0.15) is 0 Å². The van der Waals surface area contributed by atoms with E-state index >= 15 is 0 Å². The van der Waals surface area contributed by atoms with E-state index in [9.17, 15) is 0 Å². The summed E-state index contributed by atoms with van der Waals surface area (Å²) in [6.07, 6.45) is 3.74. The molecule has 1 fully saturated rings. The van der Waals surface area contributed by atoms with E-state index in [4.69, 9.17) is 0 Å². The summed E-state index contributed by atoms with van der Waals surface area (Å²) >= 11 is 0. The molecular formula is C20H25N. The zero-order chi connectivity index (χ0) is 14.7. The van der Waals surface area contributed by atoms with Gasteiger partial charge in [0.2, 0.25) is 0 Å². The largest absolute Gasteiger partial charge is 0.309 e. The van der Waals surface area contributed by atoms with E-state index in [2.05, 4.69) is 73.8 Å². The van der Waals surface area contributed by atoms with Gasteiger partial charge in [0.25, 0.3) is 0 Å². The van der Waals surface area contributed by atoms with Crippen molar-refractivity contribution in [1.29, 1.82) is 0 Å². The van der Waals surface area contributed by atoms with E-state index in [1.165, 1.54) is 36.0 Å². The molecule has 21 heavy (non-hydrogen) atoms. The molecule has 0 radical (unpaired) electrons. The number of hydrogen-bond donors (Lipinski definition) is 1. The fraction of sp³-hybridized carbons (Fsp3) is 0.400. The Morgan fingerprint density at radius 1 is 1.05 bits per heavy atom. The first-order chi connectivity index (χ1) is 10.3. The van der Waals surface area contributed by atoms with Crippen LogP contribution in [0.4, 0.5) is 0 Å². The van der Waals surface area contributed by atoms with Crippen LogP contribution in [0, 0.1) is 6.92 Å². The average Bonchev–Trinajstić information content (AvgIpc) is 3.30. The second kappa shape index (κ2) is 6.03. The van der Waals surface area contributed by atoms with E-state index in [0.29, 0.717) is 11.5 Å². The van der Waals surface area contributed by atoms with Gasteiger partial charge >= 0.3 is 0 Å². The van der Waals surface area contributed by atoms with Crippen LogP contribution in [0.2, 0.25) is 0 Å². The predicted molar refractivity (Wildman–Crippen MR) is 89.6 cm³/mol. The van der Waals surface area contributed by atoms with E-state index in [0.717, 1.165) is 6.54 Å². The summed E-state index contributed by atoms with van der Waals surface area (Å²) in [5.74, 6) is 0. The molecule has 1 saturated carbocycles. The number of hydrogen-bond acceptors (Lipinski definition) is 1. The lowest BCUT2D eigenvalue weighted by molar-refractivity contribution is 0.429. The summed E-state index contributed by atoms with van der Waals surface area (Å²) < 4.78 is 0. The minimum atomic E-state index is 0.296. The van der Waals surface area contributed by atoms with Crippen LogP contribution >= 0.6 is 0 Å². The summed E-state index contributed by atoms with van der Waals surface area (Å²) in [4.78, 5) is 0. The topological polar surface area (TPSA) is 12.0 Å². The Balaban J connectivity index is 1.96. The highest BCUT2D eigenvalue weighted by Crippen LogP contribution is 2.56. The molecular weight excluding hydrogens is 254 g/mol. The van der Waals surface area contributed by atoms with Crippen molar-refractivity contribution in [3.63, 3.8) is 0 Å². The van der Waals surface area contributed by atoms with E-state index in [1.807, 2.05) is 0 Å². The highest BCUT2D eigenvalue weighted by molar-refractivity contribution is 5.39. The lowest BCUT2D eigenvalue weighted by atomic mass is 9.83. The van der Waals surface area contributed by atoms with Crippen LogP contribution in [0.25, 0.3) is 0 Å². The third-order valence-corrected chi connectivity index (χ3v) is 4.66. The van der Waals surface area contributed by atoms with Crippen molar-refractivity contribution in [2.24, 2.45) is 0 Å². The van der Waals surface area contributed by atoms with Crippen LogP contribution in [0.3, 0.4) is 0 Å². The van der Waals surface area contributed by atoms with Gasteiger partial charge in [-0.15, -0.1) is 0 Å². The maximum absolute atomic E-state index is 3.81. The first-order valence-corrected chi connectivity index (χ1v) is 8.12. The minimum Gasteiger partial charge on any atom is -0.309 e. The molecule has 1 unspecified atom stereocenters. The molecule has 1 atom stereocenters. The Morgan fingerprint density at radius 3 is 2.43 bits per heavy atom. The zero-order valence-electron chi connectivity index (χ0n) is 13.1. The fourth-order valence-electron chi connectivity index (χ4n) is 3.42. The number of benzene rings is 2. The van der Waals surface area contributed by atoms with Crippen molar-refractivity contribution < 1.29 is 0 Å². The van der Waals surface area contributed by atoms with Crippen molar-refractivity contribution in [1.82, 2.24) is 5.32 Å². The molecule has 0 aromatic heterocycles. The van der Waals surface area contributed by atoms with Gasteiger partial charge < -0.3 is 5.32 Å². The molecule has 1 nitrogen and oxygen atoms in total. The van der Waals surface area contributed by atoms with Crippen molar-refractivity contribution in [2.45, 2.75) is 44.6 Å². The number of nitrogens with one attached hydrogen (secondary N) is 1. The molecule has 1 heteroatoms. The van der Waals surface area contributed by atoms with Crippen LogP contribution < -0.4 is 5.32 Å². The molecule has 0 bridgehead atoms. The van der Waals surface area contributed by atoms with Gasteiger partial charge in [-0.1, -0.05) is 67.1 Å². The summed E-state index contributed by atoms with van der Waals surface area (Å²) in [5, 5.41) is 3.81. The van der Waals surface area contributed by atoms with Crippen molar-refractivity contribution in [3.05, 3.63) is 71.3 Å². The highest BCUT2D eigenvalue weighted by atomic mass is 14.9. The standard InChI is InChI=1S/C20H25N/c1-3-14-21-19(17-9-7-8-16(2)15-17)20(12-13-20)18-10-5-4-6-11-18/h4-11,15,19,21H,3,12-14H2,1-2H3. The monoisotopic (exact) mass is 279 g/mol. The highest BCUT2D eigenvalue weighted by Gasteiger charge is 2.50. The minimum absolute atomic E-state index is 0.296. The Labute approximate surface area is 128 Å². The van der Waals surface area contributed by atoms with Gasteiger partial charge in [0.05, 0.1) is 0 Å². The van der Waals surface area contributed by atoms with Gasteiger partial charge in [-0.05, 0) is 43.9 Å². The summed E-state index contributed by atoms with van der Waals surface area (Å²) in [7, 11) is 0. The Bertz CT molecular complexity index is 584. The van der Waals surface area contributed by atoms with E-state index in [-0.39, 0.29) is 0 Å². The van der Waals surface area contributed by atoms with Crippen molar-refractivity contribution >= 4 is 0 Å². The normalized spacial score (nSPS) is 17.4. The molecule has 2 aromatic carbocycles. The molecule has 0 aliphatic heterocycles. The third kappa shape index (κ3) is 2.89. The zero-order valence-corrected chi connectivity index (χ0v) is 13.1. The fourth-order valence-corrected chi connectivity index (χ4v) is 3.42. The molecule has 1 aliphatic carbocycles. The third-order valence-electron chi connectivity index (χ3n) is 4.66. The van der Waals surface area contributed by atoms with E-state index < -0.39 is 0 Å².